The Labute approximate surface area is 62.8 Å². The Morgan fingerprint density at radius 2 is 2.55 bits per heavy atom. The average molecular weight is 155 g/mol. The summed E-state index contributed by atoms with van der Waals surface area (Å²) in [7, 11) is 0. The molecular weight excluding hydrogens is 146 g/mol. The van der Waals surface area contributed by atoms with Crippen LogP contribution in [0, 0.1) is 0 Å². The van der Waals surface area contributed by atoms with E-state index in [0.717, 1.165) is 19.5 Å². The van der Waals surface area contributed by atoms with E-state index in [0.29, 0.717) is 11.7 Å². The summed E-state index contributed by atoms with van der Waals surface area (Å²) in [5.74, 6) is 0.522. The zero-order valence-electron chi connectivity index (χ0n) is 5.96. The topological polar surface area (TPSA) is 70.9 Å². The summed E-state index contributed by atoms with van der Waals surface area (Å²) in [5.41, 5.74) is 0. The minimum atomic E-state index is -0.466. The van der Waals surface area contributed by atoms with Crippen LogP contribution in [0.2, 0.25) is 0 Å². The minimum Gasteiger partial charge on any atom is -0.316 e. The largest absolute Gasteiger partial charge is 0.438 e. The van der Waals surface area contributed by atoms with Crippen molar-refractivity contribution in [2.45, 2.75) is 12.3 Å². The fourth-order valence-electron chi connectivity index (χ4n) is 1.31. The van der Waals surface area contributed by atoms with E-state index >= 15 is 0 Å². The molecule has 1 aromatic rings. The fourth-order valence-corrected chi connectivity index (χ4v) is 1.31. The quantitative estimate of drug-likeness (QED) is 0.570. The SMILES string of the molecule is O=c1[nH]c([C@H]2CCNC2)no1. The highest BCUT2D eigenvalue weighted by Gasteiger charge is 2.20. The Hall–Kier alpha value is -1.10. The van der Waals surface area contributed by atoms with Crippen molar-refractivity contribution in [3.63, 3.8) is 0 Å². The monoisotopic (exact) mass is 155 g/mol. The number of aromatic amines is 1. The molecule has 1 aromatic heterocycles. The van der Waals surface area contributed by atoms with Crippen LogP contribution in [0.25, 0.3) is 0 Å². The molecule has 1 aliphatic heterocycles. The predicted octanol–water partition coefficient (Wildman–Crippen LogP) is -0.560. The maximum atomic E-state index is 10.5. The van der Waals surface area contributed by atoms with Crippen LogP contribution in [0.4, 0.5) is 0 Å². The van der Waals surface area contributed by atoms with Crippen LogP contribution in [0.1, 0.15) is 18.2 Å². The van der Waals surface area contributed by atoms with Crippen LogP contribution in [-0.2, 0) is 0 Å². The summed E-state index contributed by atoms with van der Waals surface area (Å²) in [4.78, 5) is 13.1. The van der Waals surface area contributed by atoms with Crippen molar-refractivity contribution in [3.8, 4) is 0 Å². The summed E-state index contributed by atoms with van der Waals surface area (Å²) >= 11 is 0. The Balaban J connectivity index is 2.21. The van der Waals surface area contributed by atoms with Gasteiger partial charge in [0.1, 0.15) is 0 Å². The zero-order chi connectivity index (χ0) is 7.68. The van der Waals surface area contributed by atoms with E-state index < -0.39 is 5.76 Å². The highest BCUT2D eigenvalue weighted by atomic mass is 16.5. The van der Waals surface area contributed by atoms with Gasteiger partial charge in [0.25, 0.3) is 0 Å². The number of H-pyrrole nitrogens is 1. The third kappa shape index (κ3) is 1.19. The van der Waals surface area contributed by atoms with Crippen molar-refractivity contribution in [3.05, 3.63) is 16.4 Å². The lowest BCUT2D eigenvalue weighted by Crippen LogP contribution is -2.09. The van der Waals surface area contributed by atoms with Gasteiger partial charge in [-0.05, 0) is 13.0 Å². The Kier molecular flexibility index (Phi) is 1.50. The van der Waals surface area contributed by atoms with Gasteiger partial charge < -0.3 is 5.32 Å². The third-order valence-corrected chi connectivity index (χ3v) is 1.90. The van der Waals surface area contributed by atoms with Gasteiger partial charge in [0, 0.05) is 12.5 Å². The molecule has 0 radical (unpaired) electrons. The highest BCUT2D eigenvalue weighted by molar-refractivity contribution is 4.96. The standard InChI is InChI=1S/C6H9N3O2/c10-6-8-5(9-11-6)4-1-2-7-3-4/h4,7H,1-3H2,(H,8,9,10)/t4-/m0/s1. The summed E-state index contributed by atoms with van der Waals surface area (Å²) < 4.78 is 4.39. The second-order valence-corrected chi connectivity index (χ2v) is 2.67. The molecule has 0 saturated carbocycles. The lowest BCUT2D eigenvalue weighted by molar-refractivity contribution is 0.378. The van der Waals surface area contributed by atoms with Crippen molar-refractivity contribution in [1.82, 2.24) is 15.5 Å². The van der Waals surface area contributed by atoms with Crippen LogP contribution in [0.3, 0.4) is 0 Å². The molecule has 0 aliphatic carbocycles. The molecule has 0 spiro atoms. The molecular formula is C6H9N3O2. The summed E-state index contributed by atoms with van der Waals surface area (Å²) in [5, 5.41) is 6.79. The molecule has 0 bridgehead atoms. The van der Waals surface area contributed by atoms with Gasteiger partial charge in [-0.25, -0.2) is 4.79 Å². The molecule has 5 nitrogen and oxygen atoms in total. The predicted molar refractivity (Wildman–Crippen MR) is 37.4 cm³/mol. The molecule has 1 atom stereocenters. The lowest BCUT2D eigenvalue weighted by Gasteiger charge is -1.98. The Bertz CT molecular complexity index is 284. The molecule has 2 heterocycles. The molecule has 5 heteroatoms. The normalized spacial score (nSPS) is 24.2. The van der Waals surface area contributed by atoms with Crippen LogP contribution < -0.4 is 11.1 Å². The molecule has 1 saturated heterocycles. The van der Waals surface area contributed by atoms with Gasteiger partial charge >= 0.3 is 5.76 Å². The third-order valence-electron chi connectivity index (χ3n) is 1.90. The second kappa shape index (κ2) is 2.50. The second-order valence-electron chi connectivity index (χ2n) is 2.67. The van der Waals surface area contributed by atoms with Gasteiger partial charge in [-0.3, -0.25) is 9.51 Å². The fraction of sp³-hybridized carbons (Fsp3) is 0.667. The van der Waals surface area contributed by atoms with Crippen LogP contribution >= 0.6 is 0 Å². The Morgan fingerprint density at radius 1 is 1.64 bits per heavy atom. The average Bonchev–Trinajstić information content (AvgIpc) is 2.55. The van der Waals surface area contributed by atoms with E-state index in [-0.39, 0.29) is 0 Å². The minimum absolute atomic E-state index is 0.321. The van der Waals surface area contributed by atoms with E-state index in [1.54, 1.807) is 0 Å². The van der Waals surface area contributed by atoms with E-state index in [2.05, 4.69) is 20.0 Å². The first kappa shape index (κ1) is 6.60. The van der Waals surface area contributed by atoms with Crippen molar-refractivity contribution in [1.29, 1.82) is 0 Å². The number of hydrogen-bond donors (Lipinski definition) is 2. The lowest BCUT2D eigenvalue weighted by atomic mass is 10.1. The number of aromatic nitrogens is 2. The van der Waals surface area contributed by atoms with Gasteiger partial charge in [0.15, 0.2) is 5.82 Å². The van der Waals surface area contributed by atoms with E-state index in [1.807, 2.05) is 0 Å². The van der Waals surface area contributed by atoms with Gasteiger partial charge in [0.2, 0.25) is 0 Å². The van der Waals surface area contributed by atoms with Crippen molar-refractivity contribution in [2.24, 2.45) is 0 Å². The molecule has 60 valence electrons. The number of rotatable bonds is 1. The smallest absolute Gasteiger partial charge is 0.316 e. The number of hydrogen-bond acceptors (Lipinski definition) is 4. The summed E-state index contributed by atoms with van der Waals surface area (Å²) in [6, 6.07) is 0. The van der Waals surface area contributed by atoms with Crippen molar-refractivity contribution < 1.29 is 4.52 Å². The first-order valence-corrected chi connectivity index (χ1v) is 3.63. The van der Waals surface area contributed by atoms with E-state index in [9.17, 15) is 4.79 Å². The van der Waals surface area contributed by atoms with E-state index in [1.165, 1.54) is 0 Å². The van der Waals surface area contributed by atoms with Crippen LogP contribution in [-0.4, -0.2) is 23.2 Å². The van der Waals surface area contributed by atoms with Gasteiger partial charge in [0.05, 0.1) is 0 Å². The molecule has 0 unspecified atom stereocenters. The first-order chi connectivity index (χ1) is 5.36. The molecule has 2 rings (SSSR count). The molecule has 11 heavy (non-hydrogen) atoms. The molecule has 1 aliphatic rings. The van der Waals surface area contributed by atoms with Crippen molar-refractivity contribution >= 4 is 0 Å². The van der Waals surface area contributed by atoms with Crippen LogP contribution in [0.15, 0.2) is 9.32 Å². The molecule has 2 N–H and O–H groups in total. The van der Waals surface area contributed by atoms with Gasteiger partial charge in [-0.2, -0.15) is 0 Å². The Morgan fingerprint density at radius 3 is 3.09 bits per heavy atom. The van der Waals surface area contributed by atoms with E-state index in [4.69, 9.17) is 0 Å². The maximum absolute atomic E-state index is 10.5. The van der Waals surface area contributed by atoms with Gasteiger partial charge in [-0.15, -0.1) is 0 Å². The van der Waals surface area contributed by atoms with Gasteiger partial charge in [-0.1, -0.05) is 5.16 Å². The molecule has 0 aromatic carbocycles. The maximum Gasteiger partial charge on any atom is 0.438 e. The van der Waals surface area contributed by atoms with Crippen LogP contribution in [0.5, 0.6) is 0 Å². The summed E-state index contributed by atoms with van der Waals surface area (Å²) in [6.45, 7) is 1.86. The summed E-state index contributed by atoms with van der Waals surface area (Å²) in [6.07, 6.45) is 1.02. The first-order valence-electron chi connectivity index (χ1n) is 3.63. The number of nitrogens with one attached hydrogen (secondary N) is 2. The molecule has 0 amide bonds. The number of nitrogens with zero attached hydrogens (tertiary/aromatic N) is 1. The zero-order valence-corrected chi connectivity index (χ0v) is 5.96. The molecule has 1 fully saturated rings. The highest BCUT2D eigenvalue weighted by Crippen LogP contribution is 2.16. The van der Waals surface area contributed by atoms with Crippen molar-refractivity contribution in [2.75, 3.05) is 13.1 Å².